The zero-order valence-electron chi connectivity index (χ0n) is 13.9. The summed E-state index contributed by atoms with van der Waals surface area (Å²) >= 11 is 0. The molecule has 3 aliphatic heterocycles. The predicted molar refractivity (Wildman–Crippen MR) is 93.1 cm³/mol. The Balaban J connectivity index is 1.51. The Morgan fingerprint density at radius 1 is 0.885 bits per heavy atom. The smallest absolute Gasteiger partial charge is 0.231 e. The van der Waals surface area contributed by atoms with Crippen LogP contribution in [0.5, 0.6) is 23.0 Å². The lowest BCUT2D eigenvalue weighted by molar-refractivity contribution is 0.173. The van der Waals surface area contributed by atoms with Gasteiger partial charge in [-0.15, -0.1) is 0 Å². The van der Waals surface area contributed by atoms with Gasteiger partial charge < -0.3 is 28.8 Å². The number of nitrogens with one attached hydrogen (secondary N) is 1. The average Bonchev–Trinajstić information content (AvgIpc) is 3.40. The number of rotatable bonds is 1. The van der Waals surface area contributed by atoms with Crippen LogP contribution in [0.2, 0.25) is 0 Å². The minimum Gasteiger partial charge on any atom is -0.454 e. The normalized spacial score (nSPS) is 19.0. The van der Waals surface area contributed by atoms with Crippen LogP contribution < -0.4 is 24.3 Å². The molecule has 3 aliphatic rings. The Morgan fingerprint density at radius 3 is 2.73 bits per heavy atom. The van der Waals surface area contributed by atoms with E-state index in [4.69, 9.17) is 18.9 Å². The first-order valence-electron chi connectivity index (χ1n) is 8.60. The lowest BCUT2D eigenvalue weighted by Gasteiger charge is -2.18. The minimum absolute atomic E-state index is 0.0323. The second-order valence-corrected chi connectivity index (χ2v) is 6.54. The van der Waals surface area contributed by atoms with E-state index in [0.717, 1.165) is 46.5 Å². The molecule has 26 heavy (non-hydrogen) atoms. The number of aromatic nitrogens is 1. The number of benzene rings is 2. The van der Waals surface area contributed by atoms with E-state index < -0.39 is 0 Å². The Morgan fingerprint density at radius 2 is 1.73 bits per heavy atom. The summed E-state index contributed by atoms with van der Waals surface area (Å²) in [6, 6.07) is 14.4. The van der Waals surface area contributed by atoms with E-state index >= 15 is 0 Å². The van der Waals surface area contributed by atoms with Crippen molar-refractivity contribution in [1.29, 1.82) is 0 Å². The summed E-state index contributed by atoms with van der Waals surface area (Å²) < 4.78 is 24.5. The minimum atomic E-state index is 0.0323. The van der Waals surface area contributed by atoms with Gasteiger partial charge >= 0.3 is 0 Å². The van der Waals surface area contributed by atoms with Gasteiger partial charge in [0.1, 0.15) is 0 Å². The first-order chi connectivity index (χ1) is 12.9. The maximum atomic E-state index is 5.77. The molecule has 6 heteroatoms. The zero-order valence-corrected chi connectivity index (χ0v) is 13.9. The molecule has 1 aromatic heterocycles. The van der Waals surface area contributed by atoms with Crippen molar-refractivity contribution in [2.24, 2.45) is 0 Å². The lowest BCUT2D eigenvalue weighted by atomic mass is 10.0. The van der Waals surface area contributed by atoms with Crippen LogP contribution >= 0.6 is 0 Å². The summed E-state index contributed by atoms with van der Waals surface area (Å²) in [5.74, 6) is 3.20. The van der Waals surface area contributed by atoms with Gasteiger partial charge in [0, 0.05) is 18.4 Å². The molecule has 0 saturated heterocycles. The first kappa shape index (κ1) is 14.1. The van der Waals surface area contributed by atoms with E-state index in [2.05, 4.69) is 46.4 Å². The molecule has 2 aromatic carbocycles. The van der Waals surface area contributed by atoms with Gasteiger partial charge in [-0.3, -0.25) is 0 Å². The van der Waals surface area contributed by atoms with Crippen LogP contribution in [0.3, 0.4) is 0 Å². The van der Waals surface area contributed by atoms with Gasteiger partial charge in [-0.2, -0.15) is 0 Å². The van der Waals surface area contributed by atoms with Crippen molar-refractivity contribution in [3.63, 3.8) is 0 Å². The molecule has 0 spiro atoms. The van der Waals surface area contributed by atoms with E-state index in [-0.39, 0.29) is 19.6 Å². The van der Waals surface area contributed by atoms with E-state index in [0.29, 0.717) is 0 Å². The van der Waals surface area contributed by atoms with Crippen LogP contribution in [0.15, 0.2) is 48.7 Å². The predicted octanol–water partition coefficient (Wildman–Crippen LogP) is 3.13. The van der Waals surface area contributed by atoms with E-state index in [1.165, 1.54) is 5.56 Å². The number of ether oxygens (including phenoxy) is 4. The maximum Gasteiger partial charge on any atom is 0.231 e. The second-order valence-electron chi connectivity index (χ2n) is 6.54. The third-order valence-electron chi connectivity index (χ3n) is 5.14. The van der Waals surface area contributed by atoms with Gasteiger partial charge in [-0.1, -0.05) is 12.1 Å². The zero-order chi connectivity index (χ0) is 17.1. The molecule has 1 N–H and O–H groups in total. The molecule has 3 aromatic rings. The summed E-state index contributed by atoms with van der Waals surface area (Å²) in [5.41, 5.74) is 4.51. The van der Waals surface area contributed by atoms with Crippen LogP contribution in [-0.4, -0.2) is 18.2 Å². The number of nitrogens with zero attached hydrogens (tertiary/aromatic N) is 1. The van der Waals surface area contributed by atoms with Crippen molar-refractivity contribution in [2.45, 2.75) is 12.6 Å². The van der Waals surface area contributed by atoms with Crippen molar-refractivity contribution < 1.29 is 18.9 Å². The molecule has 6 rings (SSSR count). The fourth-order valence-electron chi connectivity index (χ4n) is 3.94. The Bertz CT molecular complexity index is 1030. The van der Waals surface area contributed by atoms with Crippen LogP contribution in [0.4, 0.5) is 0 Å². The van der Waals surface area contributed by atoms with Crippen LogP contribution in [0.1, 0.15) is 22.9 Å². The van der Waals surface area contributed by atoms with Crippen molar-refractivity contribution >= 4 is 0 Å². The monoisotopic (exact) mass is 348 g/mol. The number of fused-ring (bicyclic) bond motifs is 6. The topological polar surface area (TPSA) is 53.9 Å². The fourth-order valence-corrected chi connectivity index (χ4v) is 3.94. The van der Waals surface area contributed by atoms with E-state index in [1.807, 2.05) is 12.1 Å². The molecule has 0 saturated carbocycles. The number of hydrogen-bond acceptors (Lipinski definition) is 5. The summed E-state index contributed by atoms with van der Waals surface area (Å²) in [7, 11) is 0. The highest BCUT2D eigenvalue weighted by atomic mass is 16.7. The molecular formula is C20H16N2O4. The number of hydrogen-bond donors (Lipinski definition) is 1. The van der Waals surface area contributed by atoms with Crippen molar-refractivity contribution in [3.8, 4) is 28.7 Å². The van der Waals surface area contributed by atoms with Crippen LogP contribution in [0.25, 0.3) is 5.69 Å². The molecule has 0 amide bonds. The maximum absolute atomic E-state index is 5.77. The molecule has 0 fully saturated rings. The summed E-state index contributed by atoms with van der Waals surface area (Å²) in [6.07, 6.45) is 2.07. The largest absolute Gasteiger partial charge is 0.454 e. The highest BCUT2D eigenvalue weighted by Gasteiger charge is 2.29. The van der Waals surface area contributed by atoms with Crippen molar-refractivity contribution in [2.75, 3.05) is 13.6 Å². The molecule has 0 aliphatic carbocycles. The molecule has 0 radical (unpaired) electrons. The average molecular weight is 348 g/mol. The highest BCUT2D eigenvalue weighted by Crippen LogP contribution is 2.43. The fraction of sp³-hybridized carbons (Fsp3) is 0.200. The standard InChI is InChI=1S/C20H16N2O4/c1-2-14-18(12-3-5-15-17(8-12)25-10-23-15)21-9-13-4-6-16-20(26-11-24-16)19(13)22(14)7-1/h1-8,18,21H,9-11H2/t18-/m1/s1. The van der Waals surface area contributed by atoms with Crippen molar-refractivity contribution in [1.82, 2.24) is 9.88 Å². The molecular weight excluding hydrogens is 332 g/mol. The summed E-state index contributed by atoms with van der Waals surface area (Å²) in [4.78, 5) is 0. The van der Waals surface area contributed by atoms with E-state index in [1.54, 1.807) is 0 Å². The van der Waals surface area contributed by atoms with Gasteiger partial charge in [0.2, 0.25) is 13.6 Å². The molecule has 0 bridgehead atoms. The van der Waals surface area contributed by atoms with Gasteiger partial charge in [-0.05, 0) is 41.5 Å². The first-order valence-corrected chi connectivity index (χ1v) is 8.60. The van der Waals surface area contributed by atoms with Gasteiger partial charge in [0.05, 0.1) is 11.7 Å². The van der Waals surface area contributed by atoms with Gasteiger partial charge in [0.15, 0.2) is 23.0 Å². The third-order valence-corrected chi connectivity index (χ3v) is 5.14. The SMILES string of the molecule is c1cc2n(c1)-c1c(ccc3c1OCO3)CN[C@@H]2c1ccc2c(c1)OCO2. The molecule has 6 nitrogen and oxygen atoms in total. The third kappa shape index (κ3) is 1.90. The van der Waals surface area contributed by atoms with Crippen molar-refractivity contribution in [3.05, 3.63) is 65.5 Å². The molecule has 130 valence electrons. The highest BCUT2D eigenvalue weighted by molar-refractivity contribution is 5.63. The second kappa shape index (κ2) is 5.19. The Kier molecular flexibility index (Phi) is 2.81. The quantitative estimate of drug-likeness (QED) is 0.732. The molecule has 0 unspecified atom stereocenters. The Hall–Kier alpha value is -3.12. The summed E-state index contributed by atoms with van der Waals surface area (Å²) in [5, 5.41) is 3.67. The summed E-state index contributed by atoms with van der Waals surface area (Å²) in [6.45, 7) is 1.27. The molecule has 4 heterocycles. The van der Waals surface area contributed by atoms with Crippen LogP contribution in [-0.2, 0) is 6.54 Å². The molecule has 1 atom stereocenters. The van der Waals surface area contributed by atoms with Gasteiger partial charge in [-0.25, -0.2) is 0 Å². The van der Waals surface area contributed by atoms with E-state index in [9.17, 15) is 0 Å². The lowest BCUT2D eigenvalue weighted by Crippen LogP contribution is -2.21. The van der Waals surface area contributed by atoms with Crippen LogP contribution in [0, 0.1) is 0 Å². The Labute approximate surface area is 149 Å². The van der Waals surface area contributed by atoms with Gasteiger partial charge in [0.25, 0.3) is 0 Å².